The van der Waals surface area contributed by atoms with E-state index >= 15 is 0 Å². The molecule has 0 fully saturated rings. The summed E-state index contributed by atoms with van der Waals surface area (Å²) in [5, 5.41) is 0. The summed E-state index contributed by atoms with van der Waals surface area (Å²) in [5.41, 5.74) is 2.96. The highest BCUT2D eigenvalue weighted by Gasteiger charge is 2.44. The zero-order valence-electron chi connectivity index (χ0n) is 16.4. The van der Waals surface area contributed by atoms with Gasteiger partial charge in [0.2, 0.25) is 5.91 Å². The molecule has 1 aliphatic heterocycles. The van der Waals surface area contributed by atoms with E-state index in [1.165, 1.54) is 0 Å². The van der Waals surface area contributed by atoms with Crippen molar-refractivity contribution in [2.45, 2.75) is 39.0 Å². The zero-order valence-corrected chi connectivity index (χ0v) is 16.4. The van der Waals surface area contributed by atoms with Gasteiger partial charge in [-0.05, 0) is 30.0 Å². The average Bonchev–Trinajstić information content (AvgIpc) is 2.67. The van der Waals surface area contributed by atoms with Crippen molar-refractivity contribution in [2.24, 2.45) is 5.41 Å². The van der Waals surface area contributed by atoms with Crippen molar-refractivity contribution >= 4 is 17.4 Å². The molecule has 2 aliphatic rings. The fraction of sp³-hybridized carbons (Fsp3) is 0.348. The molecule has 5 nitrogen and oxygen atoms in total. The molecule has 0 N–H and O–H groups in total. The zero-order chi connectivity index (χ0) is 19.9. The van der Waals surface area contributed by atoms with Gasteiger partial charge in [0.05, 0.1) is 19.0 Å². The molecule has 0 bridgehead atoms. The van der Waals surface area contributed by atoms with Crippen molar-refractivity contribution in [3.8, 4) is 5.75 Å². The molecule has 0 radical (unpaired) electrons. The van der Waals surface area contributed by atoms with Crippen LogP contribution in [0.15, 0.2) is 60.1 Å². The fourth-order valence-corrected chi connectivity index (χ4v) is 4.42. The first-order valence-corrected chi connectivity index (χ1v) is 9.53. The van der Waals surface area contributed by atoms with Crippen LogP contribution < -0.4 is 9.64 Å². The summed E-state index contributed by atoms with van der Waals surface area (Å²) in [6, 6.07) is 11.3. The number of methoxy groups -OCH3 is 1. The normalized spacial score (nSPS) is 21.5. The second-order valence-corrected chi connectivity index (χ2v) is 8.24. The Morgan fingerprint density at radius 1 is 1.11 bits per heavy atom. The SMILES string of the molecule is COc1ccccc1C1CC(=O)N(c2cccnc2)C2=C1C(=O)CC(C)(C)C2. The lowest BCUT2D eigenvalue weighted by molar-refractivity contribution is -0.121. The monoisotopic (exact) mass is 376 g/mol. The highest BCUT2D eigenvalue weighted by molar-refractivity contribution is 6.07. The van der Waals surface area contributed by atoms with Crippen LogP contribution in [0.1, 0.15) is 44.6 Å². The van der Waals surface area contributed by atoms with Crippen LogP contribution >= 0.6 is 0 Å². The first kappa shape index (κ1) is 18.4. The van der Waals surface area contributed by atoms with E-state index in [0.29, 0.717) is 24.3 Å². The topological polar surface area (TPSA) is 59.5 Å². The average molecular weight is 376 g/mol. The predicted octanol–water partition coefficient (Wildman–Crippen LogP) is 4.25. The Balaban J connectivity index is 1.92. The number of amides is 1. The number of hydrogen-bond donors (Lipinski definition) is 0. The molecule has 28 heavy (non-hydrogen) atoms. The molecule has 2 aromatic rings. The number of nitrogens with zero attached hydrogens (tertiary/aromatic N) is 2. The Kier molecular flexibility index (Phi) is 4.53. The molecule has 2 heterocycles. The third kappa shape index (κ3) is 3.11. The van der Waals surface area contributed by atoms with Crippen molar-refractivity contribution in [1.29, 1.82) is 0 Å². The van der Waals surface area contributed by atoms with E-state index in [4.69, 9.17) is 4.74 Å². The number of carbonyl (C=O) groups is 2. The summed E-state index contributed by atoms with van der Waals surface area (Å²) in [7, 11) is 1.62. The van der Waals surface area contributed by atoms with Crippen LogP contribution in [0.5, 0.6) is 5.75 Å². The van der Waals surface area contributed by atoms with Crippen LogP contribution in [-0.4, -0.2) is 23.8 Å². The van der Waals surface area contributed by atoms with Crippen molar-refractivity contribution in [3.05, 3.63) is 65.6 Å². The number of allylic oxidation sites excluding steroid dienone is 2. The van der Waals surface area contributed by atoms with Gasteiger partial charge >= 0.3 is 0 Å². The van der Waals surface area contributed by atoms with Gasteiger partial charge in [0.1, 0.15) is 5.75 Å². The lowest BCUT2D eigenvalue weighted by Gasteiger charge is -2.43. The molecule has 0 saturated carbocycles. The van der Waals surface area contributed by atoms with Gasteiger partial charge in [-0.1, -0.05) is 32.0 Å². The molecule has 5 heteroatoms. The van der Waals surface area contributed by atoms with Crippen molar-refractivity contribution < 1.29 is 14.3 Å². The van der Waals surface area contributed by atoms with E-state index < -0.39 is 0 Å². The van der Waals surface area contributed by atoms with Gasteiger partial charge < -0.3 is 4.74 Å². The van der Waals surface area contributed by atoms with E-state index in [9.17, 15) is 9.59 Å². The van der Waals surface area contributed by atoms with E-state index in [2.05, 4.69) is 18.8 Å². The lowest BCUT2D eigenvalue weighted by Crippen LogP contribution is -2.43. The summed E-state index contributed by atoms with van der Waals surface area (Å²) in [6.07, 6.45) is 4.74. The van der Waals surface area contributed by atoms with Gasteiger partial charge in [0.25, 0.3) is 0 Å². The summed E-state index contributed by atoms with van der Waals surface area (Å²) in [5.74, 6) is 0.520. The number of anilines is 1. The molecule has 144 valence electrons. The second kappa shape index (κ2) is 6.89. The van der Waals surface area contributed by atoms with Gasteiger partial charge in [-0.2, -0.15) is 0 Å². The van der Waals surface area contributed by atoms with Crippen LogP contribution in [0, 0.1) is 5.41 Å². The minimum Gasteiger partial charge on any atom is -0.496 e. The highest BCUT2D eigenvalue weighted by Crippen LogP contribution is 2.49. The smallest absolute Gasteiger partial charge is 0.232 e. The van der Waals surface area contributed by atoms with E-state index in [0.717, 1.165) is 16.8 Å². The molecular formula is C23H24N2O3. The summed E-state index contributed by atoms with van der Waals surface area (Å²) < 4.78 is 5.53. The molecular weight excluding hydrogens is 352 g/mol. The van der Waals surface area contributed by atoms with Crippen LogP contribution in [0.3, 0.4) is 0 Å². The van der Waals surface area contributed by atoms with E-state index in [-0.39, 0.29) is 29.4 Å². The molecule has 1 aromatic heterocycles. The number of hydrogen-bond acceptors (Lipinski definition) is 4. The number of benzene rings is 1. The standard InChI is InChI=1S/C23H24N2O3/c1-23(2)12-18-22(19(26)13-23)17(16-8-4-5-9-20(16)28-3)11-21(27)25(18)15-7-6-10-24-14-15/h4-10,14,17H,11-13H2,1-3H3. The van der Waals surface area contributed by atoms with Crippen molar-refractivity contribution in [2.75, 3.05) is 12.0 Å². The number of Topliss-reactive ketones (excluding diaryl/α,β-unsaturated/α-hetero) is 1. The van der Waals surface area contributed by atoms with Crippen LogP contribution in [0.2, 0.25) is 0 Å². The van der Waals surface area contributed by atoms with Crippen LogP contribution in [-0.2, 0) is 9.59 Å². The minimum absolute atomic E-state index is 0.0202. The maximum atomic E-state index is 13.3. The van der Waals surface area contributed by atoms with Crippen molar-refractivity contribution in [1.82, 2.24) is 4.98 Å². The summed E-state index contributed by atoms with van der Waals surface area (Å²) in [6.45, 7) is 4.15. The number of para-hydroxylation sites is 1. The summed E-state index contributed by atoms with van der Waals surface area (Å²) in [4.78, 5) is 32.4. The van der Waals surface area contributed by atoms with Crippen LogP contribution in [0.4, 0.5) is 5.69 Å². The Morgan fingerprint density at radius 2 is 1.89 bits per heavy atom. The maximum Gasteiger partial charge on any atom is 0.232 e. The third-order valence-electron chi connectivity index (χ3n) is 5.56. The molecule has 1 unspecified atom stereocenters. The van der Waals surface area contributed by atoms with Gasteiger partial charge in [-0.15, -0.1) is 0 Å². The quantitative estimate of drug-likeness (QED) is 0.803. The number of ether oxygens (including phenoxy) is 1. The molecule has 0 saturated heterocycles. The predicted molar refractivity (Wildman–Crippen MR) is 107 cm³/mol. The molecule has 1 amide bonds. The fourth-order valence-electron chi connectivity index (χ4n) is 4.42. The first-order chi connectivity index (χ1) is 13.4. The number of carbonyl (C=O) groups excluding carboxylic acids is 2. The van der Waals surface area contributed by atoms with E-state index in [1.54, 1.807) is 24.4 Å². The minimum atomic E-state index is -0.282. The Bertz CT molecular complexity index is 963. The van der Waals surface area contributed by atoms with Gasteiger partial charge in [0.15, 0.2) is 5.78 Å². The van der Waals surface area contributed by atoms with Gasteiger partial charge in [0, 0.05) is 41.8 Å². The number of aromatic nitrogens is 1. The third-order valence-corrected chi connectivity index (χ3v) is 5.56. The molecule has 1 atom stereocenters. The molecule has 0 spiro atoms. The maximum absolute atomic E-state index is 13.3. The van der Waals surface area contributed by atoms with Gasteiger partial charge in [-0.3, -0.25) is 19.5 Å². The number of ketones is 1. The van der Waals surface area contributed by atoms with Crippen LogP contribution in [0.25, 0.3) is 0 Å². The Morgan fingerprint density at radius 3 is 2.61 bits per heavy atom. The lowest BCUT2D eigenvalue weighted by atomic mass is 9.69. The molecule has 1 aromatic carbocycles. The second-order valence-electron chi connectivity index (χ2n) is 8.24. The number of pyridine rings is 1. The highest BCUT2D eigenvalue weighted by atomic mass is 16.5. The van der Waals surface area contributed by atoms with E-state index in [1.807, 2.05) is 36.4 Å². The molecule has 1 aliphatic carbocycles. The largest absolute Gasteiger partial charge is 0.496 e. The van der Waals surface area contributed by atoms with Crippen molar-refractivity contribution in [3.63, 3.8) is 0 Å². The molecule has 4 rings (SSSR count). The summed E-state index contributed by atoms with van der Waals surface area (Å²) >= 11 is 0. The number of rotatable bonds is 3. The Hall–Kier alpha value is -2.95. The Labute approximate surface area is 165 Å². The first-order valence-electron chi connectivity index (χ1n) is 9.53. The van der Waals surface area contributed by atoms with Gasteiger partial charge in [-0.25, -0.2) is 0 Å².